The number of alkyl halides is 2. The highest BCUT2D eigenvalue weighted by Gasteiger charge is 1.94. The highest BCUT2D eigenvalue weighted by molar-refractivity contribution is 7.24. The maximum atomic E-state index is 10.4. The lowest BCUT2D eigenvalue weighted by atomic mass is 10.1. The SMILES string of the molecule is O=PC(F)F.c1ccc(-c2ccccc2)cc1. The topological polar surface area (TPSA) is 17.1 Å². The molecule has 0 bridgehead atoms. The molecule has 0 spiro atoms. The van der Waals surface area contributed by atoms with Crippen LogP contribution in [0, 0.1) is 0 Å². The Balaban J connectivity index is 0.000000249. The normalized spacial score (nSPS) is 9.82. The molecule has 0 atom stereocenters. The van der Waals surface area contributed by atoms with E-state index in [1.807, 2.05) is 12.1 Å². The Morgan fingerprint density at radius 2 is 1.06 bits per heavy atom. The predicted molar refractivity (Wildman–Crippen MR) is 65.5 cm³/mol. The van der Waals surface area contributed by atoms with E-state index in [9.17, 15) is 8.78 Å². The molecule has 0 fully saturated rings. The summed E-state index contributed by atoms with van der Waals surface area (Å²) in [5.41, 5.74) is 2.55. The minimum absolute atomic E-state index is 1.09. The minimum atomic E-state index is -2.70. The van der Waals surface area contributed by atoms with Crippen LogP contribution in [-0.4, -0.2) is 6.17 Å². The van der Waals surface area contributed by atoms with Gasteiger partial charge in [0.25, 0.3) is 0 Å². The summed E-state index contributed by atoms with van der Waals surface area (Å²) in [4.78, 5) is 0. The lowest BCUT2D eigenvalue weighted by Crippen LogP contribution is -1.73. The van der Waals surface area contributed by atoms with Gasteiger partial charge in [0.15, 0.2) is 0 Å². The van der Waals surface area contributed by atoms with Gasteiger partial charge >= 0.3 is 6.17 Å². The first-order valence-electron chi connectivity index (χ1n) is 4.95. The average molecular weight is 252 g/mol. The zero-order chi connectivity index (χ0) is 12.5. The Morgan fingerprint density at radius 1 is 0.765 bits per heavy atom. The van der Waals surface area contributed by atoms with Crippen LogP contribution in [0.15, 0.2) is 60.7 Å². The highest BCUT2D eigenvalue weighted by atomic mass is 31.1. The lowest BCUT2D eigenvalue weighted by Gasteiger charge is -1.98. The molecule has 0 unspecified atom stereocenters. The van der Waals surface area contributed by atoms with Gasteiger partial charge in [0.2, 0.25) is 8.46 Å². The molecule has 0 saturated heterocycles. The Kier molecular flexibility index (Phi) is 6.05. The molecule has 0 aliphatic carbocycles. The highest BCUT2D eigenvalue weighted by Crippen LogP contribution is 2.17. The zero-order valence-electron chi connectivity index (χ0n) is 8.96. The monoisotopic (exact) mass is 252 g/mol. The smallest absolute Gasteiger partial charge is 0.269 e. The molecule has 17 heavy (non-hydrogen) atoms. The van der Waals surface area contributed by atoms with E-state index in [1.54, 1.807) is 0 Å². The van der Waals surface area contributed by atoms with Crippen molar-refractivity contribution in [1.82, 2.24) is 0 Å². The number of rotatable bonds is 2. The molecule has 0 radical (unpaired) electrons. The molecule has 0 aliphatic rings. The zero-order valence-corrected chi connectivity index (χ0v) is 9.86. The van der Waals surface area contributed by atoms with E-state index in [1.165, 1.54) is 11.1 Å². The fourth-order valence-electron chi connectivity index (χ4n) is 1.26. The van der Waals surface area contributed by atoms with Crippen molar-refractivity contribution >= 4 is 8.46 Å². The van der Waals surface area contributed by atoms with E-state index < -0.39 is 14.6 Å². The second-order valence-corrected chi connectivity index (χ2v) is 3.72. The van der Waals surface area contributed by atoms with Crippen LogP contribution in [0.4, 0.5) is 8.78 Å². The van der Waals surface area contributed by atoms with E-state index in [2.05, 4.69) is 48.5 Å². The first-order chi connectivity index (χ1) is 8.24. The van der Waals surface area contributed by atoms with Crippen LogP contribution in [-0.2, 0) is 4.57 Å². The lowest BCUT2D eigenvalue weighted by molar-refractivity contribution is 0.243. The third kappa shape index (κ3) is 5.32. The summed E-state index contributed by atoms with van der Waals surface area (Å²) < 4.78 is 29.7. The van der Waals surface area contributed by atoms with Gasteiger partial charge in [-0.25, -0.2) is 0 Å². The molecule has 2 rings (SSSR count). The van der Waals surface area contributed by atoms with Crippen molar-refractivity contribution in [1.29, 1.82) is 0 Å². The van der Waals surface area contributed by atoms with Crippen molar-refractivity contribution in [3.05, 3.63) is 60.7 Å². The first-order valence-corrected chi connectivity index (χ1v) is 5.83. The van der Waals surface area contributed by atoms with E-state index >= 15 is 0 Å². The summed E-state index contributed by atoms with van der Waals surface area (Å²) in [7, 11) is -1.09. The van der Waals surface area contributed by atoms with Gasteiger partial charge in [0.1, 0.15) is 0 Å². The van der Waals surface area contributed by atoms with E-state index in [4.69, 9.17) is 4.57 Å². The van der Waals surface area contributed by atoms with Gasteiger partial charge in [0, 0.05) is 0 Å². The maximum Gasteiger partial charge on any atom is 0.316 e. The number of hydrogen-bond donors (Lipinski definition) is 0. The van der Waals surface area contributed by atoms with Crippen molar-refractivity contribution in [2.75, 3.05) is 0 Å². The van der Waals surface area contributed by atoms with Gasteiger partial charge < -0.3 is 0 Å². The second-order valence-electron chi connectivity index (χ2n) is 3.12. The fourth-order valence-corrected chi connectivity index (χ4v) is 1.26. The maximum absolute atomic E-state index is 10.4. The Labute approximate surface area is 100 Å². The van der Waals surface area contributed by atoms with Crippen LogP contribution in [0.1, 0.15) is 0 Å². The summed E-state index contributed by atoms with van der Waals surface area (Å²) >= 11 is 0. The average Bonchev–Trinajstić information content (AvgIpc) is 2.41. The van der Waals surface area contributed by atoms with Gasteiger partial charge in [-0.3, -0.25) is 4.57 Å². The summed E-state index contributed by atoms with van der Waals surface area (Å²) in [6, 6.07) is 20.8. The molecule has 0 amide bonds. The molecular formula is C13H11F2OP. The number of benzene rings is 2. The molecule has 4 heteroatoms. The molecule has 0 aromatic heterocycles. The standard InChI is InChI=1S/C12H10.CHF2OP/c1-3-7-11(8-4-1)12-9-5-2-6-10-12;2-1(3)5-4/h1-10H;1H. The molecular weight excluding hydrogens is 241 g/mol. The van der Waals surface area contributed by atoms with E-state index in [0.29, 0.717) is 0 Å². The minimum Gasteiger partial charge on any atom is -0.269 e. The summed E-state index contributed by atoms with van der Waals surface area (Å²) in [5, 5.41) is 0. The van der Waals surface area contributed by atoms with Gasteiger partial charge in [0.05, 0.1) is 0 Å². The van der Waals surface area contributed by atoms with Crippen LogP contribution >= 0.6 is 8.46 Å². The first kappa shape index (κ1) is 13.5. The van der Waals surface area contributed by atoms with Crippen molar-refractivity contribution < 1.29 is 13.3 Å². The third-order valence-electron chi connectivity index (χ3n) is 1.96. The van der Waals surface area contributed by atoms with Crippen LogP contribution < -0.4 is 0 Å². The summed E-state index contributed by atoms with van der Waals surface area (Å²) in [6.45, 7) is 0. The molecule has 0 N–H and O–H groups in total. The van der Waals surface area contributed by atoms with Gasteiger partial charge in [-0.05, 0) is 11.1 Å². The van der Waals surface area contributed by atoms with Crippen LogP contribution in [0.5, 0.6) is 0 Å². The van der Waals surface area contributed by atoms with Crippen molar-refractivity contribution in [3.63, 3.8) is 0 Å². The number of halogens is 2. The summed E-state index contributed by atoms with van der Waals surface area (Å²) in [6.07, 6.45) is -2.70. The second kappa shape index (κ2) is 7.64. The predicted octanol–water partition coefficient (Wildman–Crippen LogP) is 4.85. The van der Waals surface area contributed by atoms with Crippen LogP contribution in [0.3, 0.4) is 0 Å². The molecule has 1 nitrogen and oxygen atoms in total. The van der Waals surface area contributed by atoms with Crippen molar-refractivity contribution in [2.24, 2.45) is 0 Å². The van der Waals surface area contributed by atoms with Crippen molar-refractivity contribution in [2.45, 2.75) is 6.17 Å². The van der Waals surface area contributed by atoms with Gasteiger partial charge in [-0.15, -0.1) is 0 Å². The quantitative estimate of drug-likeness (QED) is 0.698. The molecule has 88 valence electrons. The summed E-state index contributed by atoms with van der Waals surface area (Å²) in [5.74, 6) is 0. The Bertz CT molecular complexity index is 394. The largest absolute Gasteiger partial charge is 0.316 e. The third-order valence-corrected chi connectivity index (χ3v) is 2.12. The molecule has 0 saturated carbocycles. The number of hydrogen-bond acceptors (Lipinski definition) is 1. The van der Waals surface area contributed by atoms with E-state index in [0.717, 1.165) is 0 Å². The van der Waals surface area contributed by atoms with Crippen LogP contribution in [0.2, 0.25) is 0 Å². The molecule has 2 aromatic carbocycles. The van der Waals surface area contributed by atoms with Crippen LogP contribution in [0.25, 0.3) is 11.1 Å². The fraction of sp³-hybridized carbons (Fsp3) is 0.0769. The van der Waals surface area contributed by atoms with Gasteiger partial charge in [-0.2, -0.15) is 8.78 Å². The Morgan fingerprint density at radius 3 is 1.29 bits per heavy atom. The molecule has 2 aromatic rings. The van der Waals surface area contributed by atoms with Gasteiger partial charge in [-0.1, -0.05) is 60.7 Å². The van der Waals surface area contributed by atoms with Crippen molar-refractivity contribution in [3.8, 4) is 11.1 Å². The molecule has 0 aliphatic heterocycles. The Hall–Kier alpha value is -1.60. The van der Waals surface area contributed by atoms with E-state index in [-0.39, 0.29) is 0 Å². The molecule has 0 heterocycles.